The number of carbonyl (C=O) groups excluding carboxylic acids is 1. The van der Waals surface area contributed by atoms with Crippen LogP contribution in [0.2, 0.25) is 5.02 Å². The van der Waals surface area contributed by atoms with Crippen LogP contribution in [0.15, 0.2) is 83.6 Å². The zero-order valence-electron chi connectivity index (χ0n) is 18.0. The molecule has 0 aliphatic rings. The lowest BCUT2D eigenvalue weighted by atomic mass is 10.1. The van der Waals surface area contributed by atoms with E-state index in [1.807, 2.05) is 73.6 Å². The Balaban J connectivity index is 1.60. The fourth-order valence-corrected chi connectivity index (χ4v) is 3.69. The van der Waals surface area contributed by atoms with Crippen LogP contribution in [0.5, 0.6) is 0 Å². The molecule has 0 unspecified atom stereocenters. The van der Waals surface area contributed by atoms with E-state index in [4.69, 9.17) is 21.1 Å². The van der Waals surface area contributed by atoms with E-state index in [2.05, 4.69) is 5.32 Å². The third-order valence-electron chi connectivity index (χ3n) is 5.26. The van der Waals surface area contributed by atoms with Crippen LogP contribution in [0.4, 0.5) is 0 Å². The van der Waals surface area contributed by atoms with E-state index in [1.165, 1.54) is 0 Å². The van der Waals surface area contributed by atoms with Gasteiger partial charge in [-0.2, -0.15) is 5.10 Å². The second-order valence-electron chi connectivity index (χ2n) is 7.79. The molecule has 0 aliphatic carbocycles. The van der Waals surface area contributed by atoms with Crippen molar-refractivity contribution in [2.75, 3.05) is 20.6 Å². The molecule has 1 amide bonds. The molecule has 0 radical (unpaired) electrons. The quantitative estimate of drug-likeness (QED) is 0.417. The highest BCUT2D eigenvalue weighted by atomic mass is 35.5. The van der Waals surface area contributed by atoms with Crippen molar-refractivity contribution in [1.82, 2.24) is 20.0 Å². The smallest absolute Gasteiger partial charge is 0.255 e. The highest BCUT2D eigenvalue weighted by Gasteiger charge is 2.22. The van der Waals surface area contributed by atoms with Gasteiger partial charge in [-0.1, -0.05) is 54.1 Å². The van der Waals surface area contributed by atoms with Crippen molar-refractivity contribution in [2.45, 2.75) is 12.6 Å². The molecular weight excluding hydrogens is 424 g/mol. The Morgan fingerprint density at radius 2 is 1.84 bits per heavy atom. The number of nitrogens with one attached hydrogen (secondary N) is 1. The Morgan fingerprint density at radius 3 is 2.50 bits per heavy atom. The highest BCUT2D eigenvalue weighted by molar-refractivity contribution is 6.30. The Labute approximate surface area is 192 Å². The number of aromatic nitrogens is 2. The predicted molar refractivity (Wildman–Crippen MR) is 126 cm³/mol. The number of carbonyl (C=O) groups is 1. The first-order valence-corrected chi connectivity index (χ1v) is 10.7. The molecule has 2 aromatic heterocycles. The summed E-state index contributed by atoms with van der Waals surface area (Å²) in [5, 5.41) is 8.40. The van der Waals surface area contributed by atoms with Crippen molar-refractivity contribution in [2.24, 2.45) is 0 Å². The molecule has 0 saturated heterocycles. The molecular formula is C25H25ClN4O2. The van der Waals surface area contributed by atoms with E-state index in [-0.39, 0.29) is 11.9 Å². The molecule has 7 heteroatoms. The summed E-state index contributed by atoms with van der Waals surface area (Å²) < 4.78 is 7.34. The van der Waals surface area contributed by atoms with Gasteiger partial charge in [0.15, 0.2) is 0 Å². The molecule has 0 spiro atoms. The molecule has 6 nitrogen and oxygen atoms in total. The Kier molecular flexibility index (Phi) is 6.73. The predicted octanol–water partition coefficient (Wildman–Crippen LogP) is 4.88. The lowest BCUT2D eigenvalue weighted by molar-refractivity contribution is 0.0939. The molecule has 1 atom stereocenters. The monoisotopic (exact) mass is 448 g/mol. The number of likely N-dealkylation sites (N-methyl/N-ethyl adjacent to an activating group) is 1. The molecule has 0 saturated carbocycles. The molecule has 2 heterocycles. The van der Waals surface area contributed by atoms with Crippen molar-refractivity contribution in [3.63, 3.8) is 0 Å². The molecule has 164 valence electrons. The van der Waals surface area contributed by atoms with Gasteiger partial charge in [0.2, 0.25) is 0 Å². The number of hydrogen-bond acceptors (Lipinski definition) is 4. The summed E-state index contributed by atoms with van der Waals surface area (Å²) in [5.74, 6) is 0.612. The van der Waals surface area contributed by atoms with Gasteiger partial charge in [-0.05, 0) is 43.9 Å². The molecule has 0 bridgehead atoms. The van der Waals surface area contributed by atoms with E-state index in [0.717, 1.165) is 16.9 Å². The molecule has 2 aromatic carbocycles. The molecule has 0 fully saturated rings. The van der Waals surface area contributed by atoms with E-state index in [1.54, 1.807) is 29.3 Å². The van der Waals surface area contributed by atoms with Gasteiger partial charge in [-0.3, -0.25) is 14.4 Å². The van der Waals surface area contributed by atoms with Gasteiger partial charge in [0, 0.05) is 23.3 Å². The van der Waals surface area contributed by atoms with E-state index in [9.17, 15) is 4.79 Å². The standard InChI is InChI=1S/C25H25ClN4O2/c1-29(2)22(23-9-6-14-32-23)15-27-25(31)21-17-30(16-18-7-4-3-5-8-18)28-24(21)19-10-12-20(26)13-11-19/h3-14,17,22H,15-16H2,1-2H3,(H,27,31)/t22-/m0/s1. The maximum Gasteiger partial charge on any atom is 0.255 e. The highest BCUT2D eigenvalue weighted by Crippen LogP contribution is 2.25. The minimum Gasteiger partial charge on any atom is -0.468 e. The number of amides is 1. The zero-order valence-corrected chi connectivity index (χ0v) is 18.8. The number of nitrogens with zero attached hydrogens (tertiary/aromatic N) is 3. The number of benzene rings is 2. The topological polar surface area (TPSA) is 63.3 Å². The van der Waals surface area contributed by atoms with Crippen LogP contribution < -0.4 is 5.32 Å². The summed E-state index contributed by atoms with van der Waals surface area (Å²) in [6.45, 7) is 0.977. The maximum absolute atomic E-state index is 13.2. The minimum absolute atomic E-state index is 0.0766. The lowest BCUT2D eigenvalue weighted by Crippen LogP contribution is -2.34. The fraction of sp³-hybridized carbons (Fsp3) is 0.200. The van der Waals surface area contributed by atoms with Gasteiger partial charge in [0.05, 0.1) is 24.4 Å². The van der Waals surface area contributed by atoms with E-state index in [0.29, 0.717) is 29.4 Å². The summed E-state index contributed by atoms with van der Waals surface area (Å²) >= 11 is 6.06. The Morgan fingerprint density at radius 1 is 1.09 bits per heavy atom. The largest absolute Gasteiger partial charge is 0.468 e. The fourth-order valence-electron chi connectivity index (χ4n) is 3.56. The van der Waals surface area contributed by atoms with Gasteiger partial charge in [-0.25, -0.2) is 0 Å². The van der Waals surface area contributed by atoms with Crippen molar-refractivity contribution >= 4 is 17.5 Å². The second-order valence-corrected chi connectivity index (χ2v) is 8.22. The SMILES string of the molecule is CN(C)[C@@H](CNC(=O)c1cn(Cc2ccccc2)nc1-c1ccc(Cl)cc1)c1ccco1. The summed E-state index contributed by atoms with van der Waals surface area (Å²) in [5.41, 5.74) is 3.08. The van der Waals surface area contributed by atoms with Gasteiger partial charge >= 0.3 is 0 Å². The molecule has 32 heavy (non-hydrogen) atoms. The Hall–Kier alpha value is -3.35. The number of halogens is 1. The number of rotatable bonds is 8. The van der Waals surface area contributed by atoms with Gasteiger partial charge < -0.3 is 9.73 Å². The van der Waals surface area contributed by atoms with E-state index >= 15 is 0 Å². The summed E-state index contributed by atoms with van der Waals surface area (Å²) in [6, 6.07) is 21.1. The molecule has 0 aliphatic heterocycles. The normalized spacial score (nSPS) is 12.1. The lowest BCUT2D eigenvalue weighted by Gasteiger charge is -2.22. The number of furan rings is 1. The first-order chi connectivity index (χ1) is 15.5. The third-order valence-corrected chi connectivity index (χ3v) is 5.51. The van der Waals surface area contributed by atoms with Crippen molar-refractivity contribution < 1.29 is 9.21 Å². The summed E-state index contributed by atoms with van der Waals surface area (Å²) in [6.07, 6.45) is 3.43. The second kappa shape index (κ2) is 9.85. The third kappa shape index (κ3) is 5.10. The van der Waals surface area contributed by atoms with Crippen molar-refractivity contribution in [3.8, 4) is 11.3 Å². The first kappa shape index (κ1) is 21.9. The minimum atomic E-state index is -0.187. The van der Waals surface area contributed by atoms with Crippen LogP contribution in [-0.2, 0) is 6.54 Å². The van der Waals surface area contributed by atoms with Crippen LogP contribution in [0.25, 0.3) is 11.3 Å². The van der Waals surface area contributed by atoms with Crippen molar-refractivity contribution in [1.29, 1.82) is 0 Å². The van der Waals surface area contributed by atoms with Crippen molar-refractivity contribution in [3.05, 3.63) is 101 Å². The van der Waals surface area contributed by atoms with Crippen LogP contribution in [0.1, 0.15) is 27.7 Å². The first-order valence-electron chi connectivity index (χ1n) is 10.4. The molecule has 1 N–H and O–H groups in total. The van der Waals surface area contributed by atoms with Gasteiger partial charge in [0.25, 0.3) is 5.91 Å². The van der Waals surface area contributed by atoms with Gasteiger partial charge in [0.1, 0.15) is 11.5 Å². The maximum atomic E-state index is 13.2. The average molecular weight is 449 g/mol. The molecule has 4 aromatic rings. The zero-order chi connectivity index (χ0) is 22.5. The summed E-state index contributed by atoms with van der Waals surface area (Å²) in [4.78, 5) is 15.2. The Bertz CT molecular complexity index is 1150. The van der Waals surface area contributed by atoms with E-state index < -0.39 is 0 Å². The molecule has 4 rings (SSSR count). The van der Waals surface area contributed by atoms with Crippen LogP contribution >= 0.6 is 11.6 Å². The van der Waals surface area contributed by atoms with Gasteiger partial charge in [-0.15, -0.1) is 0 Å². The van der Waals surface area contributed by atoms with Crippen LogP contribution in [-0.4, -0.2) is 41.2 Å². The van der Waals surface area contributed by atoms with Crippen LogP contribution in [0.3, 0.4) is 0 Å². The summed E-state index contributed by atoms with van der Waals surface area (Å²) in [7, 11) is 3.91. The van der Waals surface area contributed by atoms with Crippen LogP contribution in [0, 0.1) is 0 Å². The number of hydrogen-bond donors (Lipinski definition) is 1. The average Bonchev–Trinajstić information content (AvgIpc) is 3.45.